The van der Waals surface area contributed by atoms with Gasteiger partial charge in [0.15, 0.2) is 5.69 Å². The van der Waals surface area contributed by atoms with Crippen LogP contribution in [0.25, 0.3) is 0 Å². The maximum Gasteiger partial charge on any atom is 0.507 e. The molecule has 7 nitrogen and oxygen atoms in total. The summed E-state index contributed by atoms with van der Waals surface area (Å²) in [6, 6.07) is 0.550. The van der Waals surface area contributed by atoms with Crippen molar-refractivity contribution in [2.45, 2.75) is 58.5 Å². The molecule has 0 unspecified atom stereocenters. The first-order chi connectivity index (χ1) is 10.6. The minimum atomic E-state index is -4.72. The Bertz CT molecular complexity index is 594. The van der Waals surface area contributed by atoms with Crippen molar-refractivity contribution in [2.24, 2.45) is 0 Å². The fourth-order valence-electron chi connectivity index (χ4n) is 1.90. The number of rotatable bonds is 4. The maximum absolute atomic E-state index is 12.7. The van der Waals surface area contributed by atoms with E-state index in [2.05, 4.69) is 10.4 Å². The molecule has 0 aliphatic rings. The van der Waals surface area contributed by atoms with Gasteiger partial charge >= 0.3 is 19.4 Å². The zero-order valence-electron chi connectivity index (χ0n) is 14.1. The van der Waals surface area contributed by atoms with E-state index in [0.29, 0.717) is 6.07 Å². The summed E-state index contributed by atoms with van der Waals surface area (Å²) in [6.07, 6.45) is -5.47. The second kappa shape index (κ2) is 6.63. The number of alkyl carbamates (subject to hydrolysis) is 1. The molecule has 136 valence electrons. The number of nitrogens with one attached hydrogen (secondary N) is 1. The monoisotopic (exact) mass is 351 g/mol. The standard InChI is InChI=1S/C13H21BF3N3O4/c1-11(2,3)24-10(21)18-12(4,5)7-20-9(14(22)23)6-8(19-20)13(15,16)17/h6,22-23H,7H2,1-5H3,(H,18,21). The first kappa shape index (κ1) is 20.3. The van der Waals surface area contributed by atoms with Gasteiger partial charge in [0.05, 0.1) is 17.7 Å². The average Bonchev–Trinajstić information content (AvgIpc) is 2.67. The summed E-state index contributed by atoms with van der Waals surface area (Å²) in [7, 11) is -2.13. The molecule has 0 atom stereocenters. The Morgan fingerprint density at radius 1 is 1.29 bits per heavy atom. The van der Waals surface area contributed by atoms with Crippen LogP contribution >= 0.6 is 0 Å². The van der Waals surface area contributed by atoms with Gasteiger partial charge < -0.3 is 20.1 Å². The molecular weight excluding hydrogens is 330 g/mol. The summed E-state index contributed by atoms with van der Waals surface area (Å²) < 4.78 is 44.1. The summed E-state index contributed by atoms with van der Waals surface area (Å²) in [4.78, 5) is 11.8. The number of carbonyl (C=O) groups is 1. The van der Waals surface area contributed by atoms with Crippen molar-refractivity contribution in [3.05, 3.63) is 11.8 Å². The smallest absolute Gasteiger partial charge is 0.444 e. The van der Waals surface area contributed by atoms with Crippen molar-refractivity contribution >= 4 is 18.8 Å². The molecule has 0 bridgehead atoms. The van der Waals surface area contributed by atoms with E-state index >= 15 is 0 Å². The lowest BCUT2D eigenvalue weighted by Crippen LogP contribution is -2.51. The molecule has 1 aromatic heterocycles. The number of aromatic nitrogens is 2. The van der Waals surface area contributed by atoms with Gasteiger partial charge in [0.2, 0.25) is 0 Å². The van der Waals surface area contributed by atoms with Crippen molar-refractivity contribution in [3.63, 3.8) is 0 Å². The summed E-state index contributed by atoms with van der Waals surface area (Å²) in [5.41, 5.74) is -3.47. The van der Waals surface area contributed by atoms with Crippen LogP contribution in [0.1, 0.15) is 40.3 Å². The van der Waals surface area contributed by atoms with E-state index in [1.54, 1.807) is 34.6 Å². The Balaban J connectivity index is 2.97. The van der Waals surface area contributed by atoms with E-state index in [-0.39, 0.29) is 6.54 Å². The number of halogens is 3. The third-order valence-corrected chi connectivity index (χ3v) is 2.75. The molecule has 0 aliphatic heterocycles. The van der Waals surface area contributed by atoms with Crippen molar-refractivity contribution in [1.29, 1.82) is 0 Å². The summed E-state index contributed by atoms with van der Waals surface area (Å²) in [5, 5.41) is 24.3. The van der Waals surface area contributed by atoms with Crippen LogP contribution in [-0.2, 0) is 17.5 Å². The molecule has 0 spiro atoms. The van der Waals surface area contributed by atoms with Crippen molar-refractivity contribution in [1.82, 2.24) is 15.1 Å². The molecule has 1 rings (SSSR count). The van der Waals surface area contributed by atoms with Gasteiger partial charge in [-0.1, -0.05) is 0 Å². The molecule has 0 saturated carbocycles. The zero-order valence-corrected chi connectivity index (χ0v) is 14.1. The summed E-state index contributed by atoms with van der Waals surface area (Å²) >= 11 is 0. The Hall–Kier alpha value is -1.75. The lowest BCUT2D eigenvalue weighted by molar-refractivity contribution is -0.141. The lowest BCUT2D eigenvalue weighted by Gasteiger charge is -2.29. The highest BCUT2D eigenvalue weighted by Gasteiger charge is 2.37. The number of amides is 1. The van der Waals surface area contributed by atoms with Gasteiger partial charge in [-0.25, -0.2) is 4.79 Å². The highest BCUT2D eigenvalue weighted by atomic mass is 19.4. The largest absolute Gasteiger partial charge is 0.507 e. The second-order valence-corrected chi connectivity index (χ2v) is 6.99. The number of hydrogen-bond acceptors (Lipinski definition) is 5. The molecule has 0 aromatic carbocycles. The van der Waals surface area contributed by atoms with Gasteiger partial charge in [-0.3, -0.25) is 4.68 Å². The fourth-order valence-corrected chi connectivity index (χ4v) is 1.90. The number of ether oxygens (including phenoxy) is 1. The maximum atomic E-state index is 12.7. The number of alkyl halides is 3. The Labute approximate surface area is 137 Å². The summed E-state index contributed by atoms with van der Waals surface area (Å²) in [5.74, 6) is 0. The Morgan fingerprint density at radius 2 is 1.83 bits per heavy atom. The van der Waals surface area contributed by atoms with Crippen LogP contribution in [0.5, 0.6) is 0 Å². The van der Waals surface area contributed by atoms with Crippen molar-refractivity contribution in [2.75, 3.05) is 0 Å². The van der Waals surface area contributed by atoms with Gasteiger partial charge in [-0.15, -0.1) is 0 Å². The molecule has 1 heterocycles. The van der Waals surface area contributed by atoms with Crippen LogP contribution in [0.3, 0.4) is 0 Å². The highest BCUT2D eigenvalue weighted by molar-refractivity contribution is 6.57. The van der Waals surface area contributed by atoms with Crippen LogP contribution < -0.4 is 10.9 Å². The van der Waals surface area contributed by atoms with E-state index in [1.807, 2.05) is 0 Å². The normalized spacial score (nSPS) is 12.9. The molecule has 24 heavy (non-hydrogen) atoms. The number of nitrogens with zero attached hydrogens (tertiary/aromatic N) is 2. The van der Waals surface area contributed by atoms with Gasteiger partial charge in [-0.05, 0) is 40.7 Å². The molecule has 0 aliphatic carbocycles. The van der Waals surface area contributed by atoms with Crippen LogP contribution in [0.4, 0.5) is 18.0 Å². The molecule has 3 N–H and O–H groups in total. The average molecular weight is 351 g/mol. The first-order valence-electron chi connectivity index (χ1n) is 7.13. The van der Waals surface area contributed by atoms with Gasteiger partial charge in [0.25, 0.3) is 0 Å². The second-order valence-electron chi connectivity index (χ2n) is 6.99. The molecule has 1 aromatic rings. The van der Waals surface area contributed by atoms with E-state index < -0.39 is 41.8 Å². The van der Waals surface area contributed by atoms with E-state index in [0.717, 1.165) is 4.68 Å². The first-order valence-corrected chi connectivity index (χ1v) is 7.13. The van der Waals surface area contributed by atoms with Gasteiger partial charge in [0, 0.05) is 0 Å². The Morgan fingerprint density at radius 3 is 2.25 bits per heavy atom. The minimum absolute atomic E-state index is 0.227. The topological polar surface area (TPSA) is 96.6 Å². The van der Waals surface area contributed by atoms with Crippen LogP contribution in [0.2, 0.25) is 0 Å². The summed E-state index contributed by atoms with van der Waals surface area (Å²) in [6.45, 7) is 7.86. The molecule has 11 heteroatoms. The van der Waals surface area contributed by atoms with Crippen LogP contribution in [0.15, 0.2) is 6.07 Å². The quantitative estimate of drug-likeness (QED) is 0.700. The SMILES string of the molecule is CC(C)(Cn1nc(C(F)(F)F)cc1B(O)O)NC(=O)OC(C)(C)C. The lowest BCUT2D eigenvalue weighted by atomic mass is 9.85. The fraction of sp³-hybridized carbons (Fsp3) is 0.692. The minimum Gasteiger partial charge on any atom is -0.444 e. The number of hydrogen-bond donors (Lipinski definition) is 3. The zero-order chi connectivity index (χ0) is 18.9. The van der Waals surface area contributed by atoms with Crippen LogP contribution in [-0.4, -0.2) is 44.2 Å². The predicted octanol–water partition coefficient (Wildman–Crippen LogP) is 0.885. The predicted molar refractivity (Wildman–Crippen MR) is 80.5 cm³/mol. The molecule has 0 radical (unpaired) electrons. The molecular formula is C13H21BF3N3O4. The molecule has 0 saturated heterocycles. The molecule has 0 fully saturated rings. The van der Waals surface area contributed by atoms with Crippen LogP contribution in [0, 0.1) is 0 Å². The van der Waals surface area contributed by atoms with E-state index in [4.69, 9.17) is 4.74 Å². The number of carbonyl (C=O) groups excluding carboxylic acids is 1. The highest BCUT2D eigenvalue weighted by Crippen LogP contribution is 2.27. The third kappa shape index (κ3) is 6.04. The van der Waals surface area contributed by atoms with E-state index in [1.165, 1.54) is 0 Å². The Kier molecular flexibility index (Phi) is 5.61. The van der Waals surface area contributed by atoms with Crippen molar-refractivity contribution in [3.8, 4) is 0 Å². The van der Waals surface area contributed by atoms with E-state index in [9.17, 15) is 28.0 Å². The van der Waals surface area contributed by atoms with Gasteiger partial charge in [0.1, 0.15) is 5.60 Å². The van der Waals surface area contributed by atoms with Crippen molar-refractivity contribution < 1.29 is 32.8 Å². The third-order valence-electron chi connectivity index (χ3n) is 2.75. The van der Waals surface area contributed by atoms with Gasteiger partial charge in [-0.2, -0.15) is 18.3 Å². The molecule has 1 amide bonds.